The molecule has 0 unspecified atom stereocenters. The third kappa shape index (κ3) is 5.33. The molecule has 25 heavy (non-hydrogen) atoms. The summed E-state index contributed by atoms with van der Waals surface area (Å²) in [6, 6.07) is 4.38. The van der Waals surface area contributed by atoms with Crippen LogP contribution in [0.25, 0.3) is 0 Å². The Bertz CT molecular complexity index is 862. The number of thiazole rings is 1. The van der Waals surface area contributed by atoms with Gasteiger partial charge in [-0.1, -0.05) is 0 Å². The van der Waals surface area contributed by atoms with Gasteiger partial charge in [-0.05, 0) is 31.2 Å². The number of carbonyl (C=O) groups excluding carboxylic acids is 2. The Kier molecular flexibility index (Phi) is 6.21. The Morgan fingerprint density at radius 3 is 2.60 bits per heavy atom. The lowest BCUT2D eigenvalue weighted by molar-refractivity contribution is -0.115. The van der Waals surface area contributed by atoms with Gasteiger partial charge in [0.25, 0.3) is 0 Å². The first-order chi connectivity index (χ1) is 11.8. The molecule has 0 aliphatic rings. The molecule has 0 saturated heterocycles. The van der Waals surface area contributed by atoms with Gasteiger partial charge in [0.15, 0.2) is 20.7 Å². The quantitative estimate of drug-likeness (QED) is 0.578. The van der Waals surface area contributed by atoms with E-state index in [1.165, 1.54) is 5.38 Å². The first-order valence-electron chi connectivity index (χ1n) is 7.22. The van der Waals surface area contributed by atoms with Gasteiger partial charge in [0.1, 0.15) is 5.82 Å². The summed E-state index contributed by atoms with van der Waals surface area (Å²) in [5.74, 6) is -2.13. The minimum atomic E-state index is -3.70. The highest BCUT2D eigenvalue weighted by atomic mass is 32.2. The smallest absolute Gasteiger partial charge is 0.357 e. The molecule has 0 aliphatic carbocycles. The molecule has 0 aliphatic heterocycles. The molecule has 7 nitrogen and oxygen atoms in total. The Morgan fingerprint density at radius 2 is 1.96 bits per heavy atom. The molecule has 0 spiro atoms. The summed E-state index contributed by atoms with van der Waals surface area (Å²) in [4.78, 5) is 27.2. The molecule has 0 atom stereocenters. The van der Waals surface area contributed by atoms with Crippen molar-refractivity contribution < 1.29 is 27.1 Å². The molecule has 0 fully saturated rings. The van der Waals surface area contributed by atoms with Crippen LogP contribution in [0.4, 0.5) is 9.52 Å². The number of nitrogens with one attached hydrogen (secondary N) is 1. The second-order valence-electron chi connectivity index (χ2n) is 4.83. The summed E-state index contributed by atoms with van der Waals surface area (Å²) in [7, 11) is -3.70. The third-order valence-corrected chi connectivity index (χ3v) is 5.50. The van der Waals surface area contributed by atoms with E-state index in [9.17, 15) is 22.4 Å². The molecule has 0 radical (unpaired) electrons. The van der Waals surface area contributed by atoms with Crippen molar-refractivity contribution >= 4 is 38.2 Å². The Hall–Kier alpha value is -2.33. The fourth-order valence-corrected chi connectivity index (χ4v) is 3.74. The molecular weight excluding hydrogens is 371 g/mol. The van der Waals surface area contributed by atoms with Crippen LogP contribution >= 0.6 is 11.3 Å². The summed E-state index contributed by atoms with van der Waals surface area (Å²) in [5.41, 5.74) is 0.0704. The van der Waals surface area contributed by atoms with Gasteiger partial charge in [-0.25, -0.2) is 22.6 Å². The van der Waals surface area contributed by atoms with Crippen LogP contribution in [0.5, 0.6) is 0 Å². The summed E-state index contributed by atoms with van der Waals surface area (Å²) in [5, 5.41) is 4.04. The second kappa shape index (κ2) is 8.17. The van der Waals surface area contributed by atoms with E-state index in [1.54, 1.807) is 6.92 Å². The van der Waals surface area contributed by atoms with E-state index in [0.29, 0.717) is 0 Å². The lowest BCUT2D eigenvalue weighted by Crippen LogP contribution is -2.17. The maximum Gasteiger partial charge on any atom is 0.357 e. The fourth-order valence-electron chi connectivity index (χ4n) is 1.80. The van der Waals surface area contributed by atoms with Crippen LogP contribution < -0.4 is 5.32 Å². The largest absolute Gasteiger partial charge is 0.461 e. The Labute approximate surface area is 147 Å². The highest BCUT2D eigenvalue weighted by molar-refractivity contribution is 7.91. The maximum absolute atomic E-state index is 12.8. The number of amides is 1. The predicted octanol–water partition coefficient (Wildman–Crippen LogP) is 2.26. The number of nitrogens with zero attached hydrogens (tertiary/aromatic N) is 1. The number of aromatic nitrogens is 1. The standard InChI is InChI=1S/C15H15FN2O5S2/c1-2-23-14(20)12-9-24-15(17-12)18-13(19)7-8-25(21,22)11-5-3-10(16)4-6-11/h3-6,9H,2,7-8H2,1H3,(H,17,18,19). The zero-order valence-corrected chi connectivity index (χ0v) is 14.8. The van der Waals surface area contributed by atoms with E-state index in [2.05, 4.69) is 10.3 Å². The topological polar surface area (TPSA) is 102 Å². The van der Waals surface area contributed by atoms with Crippen molar-refractivity contribution in [2.24, 2.45) is 0 Å². The molecule has 1 aromatic heterocycles. The van der Waals surface area contributed by atoms with Gasteiger partial charge in [-0.15, -0.1) is 11.3 Å². The number of hydrogen-bond donors (Lipinski definition) is 1. The van der Waals surface area contributed by atoms with Gasteiger partial charge in [0.2, 0.25) is 5.91 Å². The van der Waals surface area contributed by atoms with Crippen molar-refractivity contribution in [1.82, 2.24) is 4.98 Å². The summed E-state index contributed by atoms with van der Waals surface area (Å²) < 4.78 is 41.8. The number of rotatable bonds is 7. The summed E-state index contributed by atoms with van der Waals surface area (Å²) in [6.45, 7) is 1.87. The van der Waals surface area contributed by atoms with Crippen LogP contribution in [0.2, 0.25) is 0 Å². The first kappa shape index (κ1) is 19.0. The van der Waals surface area contributed by atoms with Crippen molar-refractivity contribution in [3.63, 3.8) is 0 Å². The molecule has 2 rings (SSSR count). The van der Waals surface area contributed by atoms with Gasteiger partial charge in [-0.2, -0.15) is 0 Å². The normalized spacial score (nSPS) is 11.1. The molecule has 1 N–H and O–H groups in total. The lowest BCUT2D eigenvalue weighted by Gasteiger charge is -2.04. The second-order valence-corrected chi connectivity index (χ2v) is 7.80. The highest BCUT2D eigenvalue weighted by Crippen LogP contribution is 2.17. The fraction of sp³-hybridized carbons (Fsp3) is 0.267. The highest BCUT2D eigenvalue weighted by Gasteiger charge is 2.18. The SMILES string of the molecule is CCOC(=O)c1csc(NC(=O)CCS(=O)(=O)c2ccc(F)cc2)n1. The minimum absolute atomic E-state index is 0.0551. The first-order valence-corrected chi connectivity index (χ1v) is 9.76. The van der Waals surface area contributed by atoms with Crippen molar-refractivity contribution in [3.05, 3.63) is 41.2 Å². The summed E-state index contributed by atoms with van der Waals surface area (Å²) >= 11 is 1.03. The van der Waals surface area contributed by atoms with Crippen LogP contribution in [0.1, 0.15) is 23.8 Å². The van der Waals surface area contributed by atoms with E-state index < -0.39 is 33.3 Å². The van der Waals surface area contributed by atoms with Crippen molar-refractivity contribution in [2.75, 3.05) is 17.7 Å². The molecule has 2 aromatic rings. The van der Waals surface area contributed by atoms with Gasteiger partial charge in [-0.3, -0.25) is 4.79 Å². The van der Waals surface area contributed by atoms with E-state index in [-0.39, 0.29) is 28.7 Å². The molecular formula is C15H15FN2O5S2. The van der Waals surface area contributed by atoms with Crippen LogP contribution in [0.3, 0.4) is 0 Å². The van der Waals surface area contributed by atoms with E-state index in [4.69, 9.17) is 4.74 Å². The number of carbonyl (C=O) groups is 2. The van der Waals surface area contributed by atoms with Gasteiger partial charge >= 0.3 is 5.97 Å². The average molecular weight is 386 g/mol. The van der Waals surface area contributed by atoms with E-state index >= 15 is 0 Å². The molecule has 1 aromatic carbocycles. The number of hydrogen-bond acceptors (Lipinski definition) is 7. The molecule has 134 valence electrons. The lowest BCUT2D eigenvalue weighted by atomic mass is 10.4. The average Bonchev–Trinajstić information content (AvgIpc) is 3.02. The number of benzene rings is 1. The minimum Gasteiger partial charge on any atom is -0.461 e. The third-order valence-electron chi connectivity index (χ3n) is 3.01. The number of ether oxygens (including phenoxy) is 1. The molecule has 1 heterocycles. The monoisotopic (exact) mass is 386 g/mol. The molecule has 0 bridgehead atoms. The number of halogens is 1. The van der Waals surface area contributed by atoms with Crippen LogP contribution in [-0.2, 0) is 19.4 Å². The summed E-state index contributed by atoms with van der Waals surface area (Å²) in [6.07, 6.45) is -0.298. The molecule has 0 saturated carbocycles. The maximum atomic E-state index is 12.8. The van der Waals surface area contributed by atoms with Crippen LogP contribution in [0.15, 0.2) is 34.5 Å². The van der Waals surface area contributed by atoms with Crippen molar-refractivity contribution in [3.8, 4) is 0 Å². The van der Waals surface area contributed by atoms with Crippen molar-refractivity contribution in [1.29, 1.82) is 0 Å². The van der Waals surface area contributed by atoms with Crippen LogP contribution in [-0.4, -0.2) is 37.6 Å². The van der Waals surface area contributed by atoms with E-state index in [0.717, 1.165) is 35.6 Å². The van der Waals surface area contributed by atoms with Gasteiger partial charge in [0.05, 0.1) is 17.3 Å². The van der Waals surface area contributed by atoms with Crippen molar-refractivity contribution in [2.45, 2.75) is 18.2 Å². The van der Waals surface area contributed by atoms with Crippen LogP contribution in [0, 0.1) is 5.82 Å². The zero-order valence-electron chi connectivity index (χ0n) is 13.2. The number of esters is 1. The van der Waals surface area contributed by atoms with Gasteiger partial charge in [0, 0.05) is 11.8 Å². The molecule has 10 heteroatoms. The van der Waals surface area contributed by atoms with Gasteiger partial charge < -0.3 is 10.1 Å². The Balaban J connectivity index is 1.92. The number of anilines is 1. The zero-order chi connectivity index (χ0) is 18.4. The molecule has 1 amide bonds. The van der Waals surface area contributed by atoms with E-state index in [1.807, 2.05) is 0 Å². The Morgan fingerprint density at radius 1 is 1.28 bits per heavy atom. The predicted molar refractivity (Wildman–Crippen MR) is 89.8 cm³/mol. The number of sulfone groups is 1.